The van der Waals surface area contributed by atoms with Gasteiger partial charge in [-0.1, -0.05) is 0 Å². The van der Waals surface area contributed by atoms with Gasteiger partial charge in [0.2, 0.25) is 5.91 Å². The van der Waals surface area contributed by atoms with Crippen LogP contribution in [0, 0.1) is 0 Å². The van der Waals surface area contributed by atoms with E-state index < -0.39 is 0 Å². The largest absolute Gasteiger partial charge is 0.382 e. The van der Waals surface area contributed by atoms with Crippen molar-refractivity contribution in [2.75, 3.05) is 10.6 Å². The van der Waals surface area contributed by atoms with Crippen LogP contribution in [-0.2, 0) is 4.79 Å². The first-order valence-corrected chi connectivity index (χ1v) is 12.2. The molecule has 4 N–H and O–H groups in total. The molecule has 3 aromatic rings. The molecule has 0 bridgehead atoms. The molecule has 0 radical (unpaired) electrons. The van der Waals surface area contributed by atoms with E-state index in [-0.39, 0.29) is 29.9 Å². The van der Waals surface area contributed by atoms with Gasteiger partial charge in [0.05, 0.1) is 27.0 Å². The topological polar surface area (TPSA) is 108 Å². The second-order valence-corrected chi connectivity index (χ2v) is 9.68. The number of hydrogen-bond acceptors (Lipinski definition) is 7. The number of rotatable bonds is 7. The molecule has 0 aliphatic heterocycles. The molecule has 0 saturated heterocycles. The second kappa shape index (κ2) is 10.2. The number of fused-ring (bicyclic) bond motifs is 1. The van der Waals surface area contributed by atoms with Crippen LogP contribution in [0.5, 0.6) is 0 Å². The zero-order valence-electron chi connectivity index (χ0n) is 19.1. The van der Waals surface area contributed by atoms with Gasteiger partial charge in [0.25, 0.3) is 5.91 Å². The quantitative estimate of drug-likeness (QED) is 0.410. The molecule has 1 fully saturated rings. The monoisotopic (exact) mass is 466 g/mol. The van der Waals surface area contributed by atoms with Crippen LogP contribution in [0.3, 0.4) is 0 Å². The van der Waals surface area contributed by atoms with Crippen LogP contribution in [0.2, 0.25) is 0 Å². The van der Waals surface area contributed by atoms with Gasteiger partial charge >= 0.3 is 0 Å². The average molecular weight is 467 g/mol. The molecule has 33 heavy (non-hydrogen) atoms. The summed E-state index contributed by atoms with van der Waals surface area (Å²) in [6.07, 6.45) is 5.05. The number of aromatic nitrogens is 2. The van der Waals surface area contributed by atoms with E-state index in [1.165, 1.54) is 0 Å². The molecule has 174 valence electrons. The summed E-state index contributed by atoms with van der Waals surface area (Å²) in [4.78, 5) is 33.2. The summed E-state index contributed by atoms with van der Waals surface area (Å²) >= 11 is 1.59. The minimum absolute atomic E-state index is 0.00126. The van der Waals surface area contributed by atoms with Gasteiger partial charge < -0.3 is 21.3 Å². The standard InChI is InChI=1S/C24H30N6O2S/c1-14(2)27-21-11-23(29-18-8-9-20-22(10-18)33-13-26-20)25-12-19(21)24(32)30-17-6-4-16(5-7-17)28-15(3)31/h8-14,16-17H,4-7H2,1-3H3,(H,28,31)(H,30,32)(H2,25,27,29). The van der Waals surface area contributed by atoms with Gasteiger partial charge in [-0.25, -0.2) is 9.97 Å². The third-order valence-corrected chi connectivity index (χ3v) is 6.46. The zero-order valence-corrected chi connectivity index (χ0v) is 20.0. The van der Waals surface area contributed by atoms with Crippen LogP contribution in [-0.4, -0.2) is 39.9 Å². The maximum Gasteiger partial charge on any atom is 0.255 e. The lowest BCUT2D eigenvalue weighted by atomic mass is 9.91. The first-order chi connectivity index (χ1) is 15.9. The number of amides is 2. The molecule has 2 aromatic heterocycles. The van der Waals surface area contributed by atoms with Crippen molar-refractivity contribution in [2.45, 2.75) is 64.6 Å². The Morgan fingerprint density at radius 3 is 2.45 bits per heavy atom. The Morgan fingerprint density at radius 2 is 1.76 bits per heavy atom. The Labute approximate surface area is 197 Å². The van der Waals surface area contributed by atoms with Crippen LogP contribution in [0.15, 0.2) is 36.0 Å². The smallest absolute Gasteiger partial charge is 0.255 e. The Kier molecular flexibility index (Phi) is 7.08. The summed E-state index contributed by atoms with van der Waals surface area (Å²) in [7, 11) is 0. The van der Waals surface area contributed by atoms with E-state index in [0.717, 1.165) is 47.3 Å². The van der Waals surface area contributed by atoms with Crippen molar-refractivity contribution in [1.82, 2.24) is 20.6 Å². The molecule has 1 aliphatic carbocycles. The van der Waals surface area contributed by atoms with Gasteiger partial charge in [0, 0.05) is 43.0 Å². The van der Waals surface area contributed by atoms with Crippen molar-refractivity contribution in [3.63, 3.8) is 0 Å². The maximum atomic E-state index is 13.1. The fraction of sp³-hybridized carbons (Fsp3) is 0.417. The van der Waals surface area contributed by atoms with Crippen molar-refractivity contribution in [1.29, 1.82) is 0 Å². The summed E-state index contributed by atoms with van der Waals surface area (Å²) in [5.74, 6) is 0.527. The molecule has 2 amide bonds. The third kappa shape index (κ3) is 5.98. The van der Waals surface area contributed by atoms with Gasteiger partial charge in [-0.2, -0.15) is 0 Å². The lowest BCUT2D eigenvalue weighted by Gasteiger charge is -2.29. The summed E-state index contributed by atoms with van der Waals surface area (Å²) in [6.45, 7) is 5.62. The van der Waals surface area contributed by atoms with Gasteiger partial charge in [-0.05, 0) is 57.7 Å². The van der Waals surface area contributed by atoms with Gasteiger partial charge in [-0.3, -0.25) is 9.59 Å². The van der Waals surface area contributed by atoms with Crippen LogP contribution in [0.25, 0.3) is 10.2 Å². The van der Waals surface area contributed by atoms with E-state index in [0.29, 0.717) is 11.4 Å². The molecule has 0 spiro atoms. The average Bonchev–Trinajstić information content (AvgIpc) is 3.22. The minimum Gasteiger partial charge on any atom is -0.382 e. The molecule has 0 atom stereocenters. The Balaban J connectivity index is 1.45. The molecule has 1 saturated carbocycles. The Morgan fingerprint density at radius 1 is 1.03 bits per heavy atom. The highest BCUT2D eigenvalue weighted by Gasteiger charge is 2.24. The van der Waals surface area contributed by atoms with Crippen molar-refractivity contribution in [2.24, 2.45) is 0 Å². The normalized spacial score (nSPS) is 18.2. The van der Waals surface area contributed by atoms with E-state index >= 15 is 0 Å². The fourth-order valence-electron chi connectivity index (χ4n) is 4.15. The van der Waals surface area contributed by atoms with E-state index in [1.807, 2.05) is 43.6 Å². The first-order valence-electron chi connectivity index (χ1n) is 11.3. The fourth-order valence-corrected chi connectivity index (χ4v) is 4.86. The maximum absolute atomic E-state index is 13.1. The lowest BCUT2D eigenvalue weighted by molar-refractivity contribution is -0.119. The molecule has 2 heterocycles. The molecule has 4 rings (SSSR count). The van der Waals surface area contributed by atoms with E-state index in [9.17, 15) is 9.59 Å². The molecule has 8 nitrogen and oxygen atoms in total. The number of pyridine rings is 1. The number of nitrogens with one attached hydrogen (secondary N) is 4. The van der Waals surface area contributed by atoms with Crippen LogP contribution >= 0.6 is 11.3 Å². The van der Waals surface area contributed by atoms with Crippen molar-refractivity contribution in [3.8, 4) is 0 Å². The zero-order chi connectivity index (χ0) is 23.4. The number of hydrogen-bond donors (Lipinski definition) is 4. The SMILES string of the molecule is CC(=O)NC1CCC(NC(=O)c2cnc(Nc3ccc4ncsc4c3)cc2NC(C)C)CC1. The predicted molar refractivity (Wildman–Crippen MR) is 133 cm³/mol. The van der Waals surface area contributed by atoms with Crippen LogP contribution in [0.1, 0.15) is 56.8 Å². The molecule has 1 aromatic carbocycles. The Bertz CT molecular complexity index is 1140. The minimum atomic E-state index is -0.133. The number of anilines is 3. The summed E-state index contributed by atoms with van der Waals surface area (Å²) in [5, 5.41) is 12.8. The van der Waals surface area contributed by atoms with Gasteiger partial charge in [-0.15, -0.1) is 11.3 Å². The molecule has 1 aliphatic rings. The van der Waals surface area contributed by atoms with Crippen LogP contribution in [0.4, 0.5) is 17.2 Å². The van der Waals surface area contributed by atoms with Crippen molar-refractivity contribution >= 4 is 50.6 Å². The molecular weight excluding hydrogens is 436 g/mol. The van der Waals surface area contributed by atoms with E-state index in [1.54, 1.807) is 24.5 Å². The van der Waals surface area contributed by atoms with Crippen molar-refractivity contribution in [3.05, 3.63) is 41.5 Å². The number of benzene rings is 1. The lowest BCUT2D eigenvalue weighted by Crippen LogP contribution is -2.43. The summed E-state index contributed by atoms with van der Waals surface area (Å²) in [6, 6.07) is 8.32. The highest BCUT2D eigenvalue weighted by molar-refractivity contribution is 7.16. The predicted octanol–water partition coefficient (Wildman–Crippen LogP) is 4.43. The number of carbonyl (C=O) groups is 2. The summed E-state index contributed by atoms with van der Waals surface area (Å²) < 4.78 is 1.10. The van der Waals surface area contributed by atoms with Crippen molar-refractivity contribution < 1.29 is 9.59 Å². The van der Waals surface area contributed by atoms with Crippen LogP contribution < -0.4 is 21.3 Å². The number of nitrogens with zero attached hydrogens (tertiary/aromatic N) is 2. The Hall–Kier alpha value is -3.20. The number of carbonyl (C=O) groups excluding carboxylic acids is 2. The molecule has 9 heteroatoms. The second-order valence-electron chi connectivity index (χ2n) is 8.80. The number of thiazole rings is 1. The summed E-state index contributed by atoms with van der Waals surface area (Å²) in [5.41, 5.74) is 4.99. The third-order valence-electron chi connectivity index (χ3n) is 5.67. The van der Waals surface area contributed by atoms with E-state index in [2.05, 4.69) is 31.2 Å². The van der Waals surface area contributed by atoms with Gasteiger partial charge in [0.15, 0.2) is 0 Å². The van der Waals surface area contributed by atoms with E-state index in [4.69, 9.17) is 0 Å². The highest BCUT2D eigenvalue weighted by Crippen LogP contribution is 2.27. The highest BCUT2D eigenvalue weighted by atomic mass is 32.1. The van der Waals surface area contributed by atoms with Gasteiger partial charge in [0.1, 0.15) is 5.82 Å². The molecule has 0 unspecified atom stereocenters. The molecular formula is C24H30N6O2S. The first kappa shape index (κ1) is 23.0.